The predicted octanol–water partition coefficient (Wildman–Crippen LogP) is 3.64. The molecule has 7 heteroatoms. The third-order valence-corrected chi connectivity index (χ3v) is 4.94. The summed E-state index contributed by atoms with van der Waals surface area (Å²) in [6.45, 7) is -0.157. The van der Waals surface area contributed by atoms with Crippen LogP contribution in [0.2, 0.25) is 10.0 Å². The van der Waals surface area contributed by atoms with Crippen LogP contribution in [-0.4, -0.2) is 29.1 Å². The molecule has 1 aliphatic rings. The second kappa shape index (κ2) is 6.43. The molecular formula is C19H13Cl2NO4. The minimum atomic E-state index is -0.651. The van der Waals surface area contributed by atoms with E-state index in [0.29, 0.717) is 26.6 Å². The number of benzene rings is 2. The van der Waals surface area contributed by atoms with Gasteiger partial charge in [0.2, 0.25) is 5.76 Å². The Morgan fingerprint density at radius 1 is 1.04 bits per heavy atom. The van der Waals surface area contributed by atoms with Gasteiger partial charge in [-0.25, -0.2) is 0 Å². The van der Waals surface area contributed by atoms with E-state index in [1.807, 2.05) is 0 Å². The number of hydrogen-bond acceptors (Lipinski definition) is 4. The lowest BCUT2D eigenvalue weighted by atomic mass is 9.98. The summed E-state index contributed by atoms with van der Waals surface area (Å²) >= 11 is 12.0. The zero-order chi connectivity index (χ0) is 18.4. The molecule has 1 amide bonds. The van der Waals surface area contributed by atoms with Crippen molar-refractivity contribution in [2.45, 2.75) is 6.04 Å². The summed E-state index contributed by atoms with van der Waals surface area (Å²) in [6.07, 6.45) is 0. The van der Waals surface area contributed by atoms with Gasteiger partial charge in [0.05, 0.1) is 23.6 Å². The quantitative estimate of drug-likeness (QED) is 0.742. The first-order valence-corrected chi connectivity index (χ1v) is 8.70. The van der Waals surface area contributed by atoms with Crippen LogP contribution in [0.15, 0.2) is 51.7 Å². The predicted molar refractivity (Wildman–Crippen MR) is 98.9 cm³/mol. The van der Waals surface area contributed by atoms with Crippen LogP contribution in [-0.2, 0) is 0 Å². The summed E-state index contributed by atoms with van der Waals surface area (Å²) in [4.78, 5) is 27.4. The number of hydrogen-bond donors (Lipinski definition) is 1. The molecule has 0 saturated heterocycles. The van der Waals surface area contributed by atoms with E-state index < -0.39 is 11.9 Å². The minimum absolute atomic E-state index is 0.00165. The van der Waals surface area contributed by atoms with Crippen molar-refractivity contribution in [3.8, 4) is 0 Å². The fourth-order valence-electron chi connectivity index (χ4n) is 3.32. The molecule has 0 aliphatic carbocycles. The fourth-order valence-corrected chi connectivity index (χ4v) is 3.62. The van der Waals surface area contributed by atoms with Crippen LogP contribution in [0.25, 0.3) is 11.0 Å². The van der Waals surface area contributed by atoms with Crippen molar-refractivity contribution in [1.82, 2.24) is 4.90 Å². The Labute approximate surface area is 158 Å². The van der Waals surface area contributed by atoms with Gasteiger partial charge >= 0.3 is 0 Å². The number of aliphatic hydroxyl groups is 1. The summed E-state index contributed by atoms with van der Waals surface area (Å²) < 4.78 is 5.75. The maximum Gasteiger partial charge on any atom is 0.290 e. The monoisotopic (exact) mass is 389 g/mol. The van der Waals surface area contributed by atoms with Crippen LogP contribution in [0.5, 0.6) is 0 Å². The smallest absolute Gasteiger partial charge is 0.290 e. The Balaban J connectivity index is 2.01. The normalized spacial score (nSPS) is 16.3. The van der Waals surface area contributed by atoms with Gasteiger partial charge in [-0.2, -0.15) is 0 Å². The highest BCUT2D eigenvalue weighted by Crippen LogP contribution is 2.38. The number of carbonyl (C=O) groups is 1. The zero-order valence-corrected chi connectivity index (χ0v) is 14.9. The summed E-state index contributed by atoms with van der Waals surface area (Å²) in [5, 5.41) is 10.7. The van der Waals surface area contributed by atoms with E-state index in [2.05, 4.69) is 0 Å². The lowest BCUT2D eigenvalue weighted by molar-refractivity contribution is 0.0691. The van der Waals surface area contributed by atoms with Crippen molar-refractivity contribution in [2.24, 2.45) is 0 Å². The van der Waals surface area contributed by atoms with Crippen LogP contribution in [0.4, 0.5) is 0 Å². The van der Waals surface area contributed by atoms with Gasteiger partial charge in [0.15, 0.2) is 5.43 Å². The topological polar surface area (TPSA) is 70.8 Å². The number of fused-ring (bicyclic) bond motifs is 2. The van der Waals surface area contributed by atoms with E-state index in [1.165, 1.54) is 11.0 Å². The molecule has 0 spiro atoms. The summed E-state index contributed by atoms with van der Waals surface area (Å²) in [5.74, 6) is -0.429. The van der Waals surface area contributed by atoms with Gasteiger partial charge in [0, 0.05) is 16.6 Å². The van der Waals surface area contributed by atoms with Gasteiger partial charge < -0.3 is 14.4 Å². The van der Waals surface area contributed by atoms with Crippen LogP contribution in [0, 0.1) is 0 Å². The molecular weight excluding hydrogens is 377 g/mol. The van der Waals surface area contributed by atoms with E-state index in [-0.39, 0.29) is 29.9 Å². The summed E-state index contributed by atoms with van der Waals surface area (Å²) in [7, 11) is 0. The first-order valence-electron chi connectivity index (χ1n) is 7.95. The highest BCUT2D eigenvalue weighted by molar-refractivity contribution is 6.31. The largest absolute Gasteiger partial charge is 0.450 e. The molecule has 1 aromatic heterocycles. The highest BCUT2D eigenvalue weighted by atomic mass is 35.5. The number of amides is 1. The Morgan fingerprint density at radius 2 is 1.73 bits per heavy atom. The molecule has 0 radical (unpaired) electrons. The number of halogens is 2. The molecule has 2 heterocycles. The first-order chi connectivity index (χ1) is 12.5. The van der Waals surface area contributed by atoms with Gasteiger partial charge in [-0.05, 0) is 35.9 Å². The van der Waals surface area contributed by atoms with Crippen LogP contribution in [0.3, 0.4) is 0 Å². The van der Waals surface area contributed by atoms with Crippen LogP contribution in [0.1, 0.15) is 27.7 Å². The van der Waals surface area contributed by atoms with E-state index in [1.54, 1.807) is 36.4 Å². The maximum absolute atomic E-state index is 13.1. The van der Waals surface area contributed by atoms with E-state index in [9.17, 15) is 14.7 Å². The van der Waals surface area contributed by atoms with Crippen LogP contribution < -0.4 is 5.43 Å². The minimum Gasteiger partial charge on any atom is -0.450 e. The lowest BCUT2D eigenvalue weighted by Gasteiger charge is -2.24. The molecule has 0 bridgehead atoms. The Bertz CT molecular complexity index is 1080. The SMILES string of the molecule is O=C1c2oc3ccc(Cl)cc3c(=O)c2[C@@H](c2ccc(Cl)cc2)N1CCO. The van der Waals surface area contributed by atoms with Crippen molar-refractivity contribution in [3.63, 3.8) is 0 Å². The molecule has 3 aromatic rings. The number of β-amino-alcohol motifs (C(OH)–C–C–N with tert-alkyl or cyclic N) is 1. The molecule has 1 atom stereocenters. The van der Waals surface area contributed by atoms with Crippen LogP contribution >= 0.6 is 23.2 Å². The summed E-state index contributed by atoms with van der Waals surface area (Å²) in [5.41, 5.74) is 0.953. The van der Waals surface area contributed by atoms with Gasteiger partial charge in [-0.15, -0.1) is 0 Å². The van der Waals surface area contributed by atoms with E-state index in [0.717, 1.165) is 0 Å². The third kappa shape index (κ3) is 2.60. The molecule has 1 N–H and O–H groups in total. The van der Waals surface area contributed by atoms with Gasteiger partial charge in [-0.3, -0.25) is 9.59 Å². The van der Waals surface area contributed by atoms with E-state index >= 15 is 0 Å². The average molecular weight is 390 g/mol. The molecule has 0 saturated carbocycles. The Morgan fingerprint density at radius 3 is 2.42 bits per heavy atom. The standard InChI is InChI=1S/C19H13Cl2NO4/c20-11-3-1-10(2-4-11)16-15-17(24)13-9-12(21)5-6-14(13)26-18(15)19(25)22(16)7-8-23/h1-6,9,16,23H,7-8H2/t16-/m1/s1. The van der Waals surface area contributed by atoms with Crippen molar-refractivity contribution < 1.29 is 14.3 Å². The van der Waals surface area contributed by atoms with Crippen molar-refractivity contribution in [1.29, 1.82) is 0 Å². The number of rotatable bonds is 3. The molecule has 132 valence electrons. The lowest BCUT2D eigenvalue weighted by Crippen LogP contribution is -2.32. The van der Waals surface area contributed by atoms with E-state index in [4.69, 9.17) is 27.6 Å². The third-order valence-electron chi connectivity index (χ3n) is 4.45. The molecule has 0 unspecified atom stereocenters. The Kier molecular flexibility index (Phi) is 4.23. The molecule has 5 nitrogen and oxygen atoms in total. The maximum atomic E-state index is 13.1. The second-order valence-corrected chi connectivity index (χ2v) is 6.86. The molecule has 26 heavy (non-hydrogen) atoms. The molecule has 2 aromatic carbocycles. The highest BCUT2D eigenvalue weighted by Gasteiger charge is 2.42. The van der Waals surface area contributed by atoms with Crippen molar-refractivity contribution in [2.75, 3.05) is 13.2 Å². The molecule has 1 aliphatic heterocycles. The second-order valence-electron chi connectivity index (χ2n) is 5.99. The number of carbonyl (C=O) groups excluding carboxylic acids is 1. The van der Waals surface area contributed by atoms with Crippen molar-refractivity contribution >= 4 is 40.1 Å². The van der Waals surface area contributed by atoms with Gasteiger partial charge in [-0.1, -0.05) is 35.3 Å². The number of aliphatic hydroxyl groups excluding tert-OH is 1. The number of nitrogens with zero attached hydrogens (tertiary/aromatic N) is 1. The Hall–Kier alpha value is -2.34. The van der Waals surface area contributed by atoms with Gasteiger partial charge in [0.25, 0.3) is 5.91 Å². The molecule has 4 rings (SSSR count). The van der Waals surface area contributed by atoms with Crippen molar-refractivity contribution in [3.05, 3.63) is 79.6 Å². The average Bonchev–Trinajstić information content (AvgIpc) is 2.90. The summed E-state index contributed by atoms with van der Waals surface area (Å²) in [6, 6.07) is 10.9. The van der Waals surface area contributed by atoms with Gasteiger partial charge in [0.1, 0.15) is 5.58 Å². The fraction of sp³-hybridized carbons (Fsp3) is 0.158. The molecule has 0 fully saturated rings. The first kappa shape index (κ1) is 17.1. The zero-order valence-electron chi connectivity index (χ0n) is 13.4.